The molecule has 0 amide bonds. The van der Waals surface area contributed by atoms with Crippen LogP contribution in [-0.2, 0) is 0 Å². The molecule has 137 heavy (non-hydrogen) atoms. The first-order chi connectivity index (χ1) is 67.9. The van der Waals surface area contributed by atoms with E-state index in [-0.39, 0.29) is 0 Å². The number of benzene rings is 21. The summed E-state index contributed by atoms with van der Waals surface area (Å²) in [7, 11) is 0. The Labute approximate surface area is 786 Å². The van der Waals surface area contributed by atoms with Crippen LogP contribution in [0.25, 0.3) is 267 Å². The van der Waals surface area contributed by atoms with Gasteiger partial charge >= 0.3 is 0 Å². The van der Waals surface area contributed by atoms with Crippen molar-refractivity contribution in [2.75, 3.05) is 0 Å². The van der Waals surface area contributed by atoms with Gasteiger partial charge in [-0.25, -0.2) is 44.9 Å². The Kier molecular flexibility index (Phi) is 20.3. The number of hydrogen-bond donors (Lipinski definition) is 0. The molecule has 12 heteroatoms. The van der Waals surface area contributed by atoms with Gasteiger partial charge in [0.25, 0.3) is 0 Å². The molecule has 0 aliphatic carbocycles. The highest BCUT2D eigenvalue weighted by Crippen LogP contribution is 2.47. The van der Waals surface area contributed by atoms with E-state index in [2.05, 4.69) is 297 Å². The summed E-state index contributed by atoms with van der Waals surface area (Å²) in [5.74, 6) is 5.79. The lowest BCUT2D eigenvalue weighted by atomic mass is 9.89. The second kappa shape index (κ2) is 34.6. The van der Waals surface area contributed by atoms with Gasteiger partial charge in [0.05, 0.1) is 0 Å². The molecule has 6 aromatic heterocycles. The monoisotopic (exact) mass is 1750 g/mol. The fourth-order valence-corrected chi connectivity index (χ4v) is 19.3. The first-order valence-corrected chi connectivity index (χ1v) is 45.8. The van der Waals surface area contributed by atoms with Crippen LogP contribution in [0.1, 0.15) is 0 Å². The fraction of sp³-hybridized carbons (Fsp3) is 0. The van der Waals surface area contributed by atoms with Crippen LogP contribution in [-0.4, -0.2) is 44.9 Å². The number of rotatable bonds is 13. The van der Waals surface area contributed by atoms with Gasteiger partial charge in [-0.2, -0.15) is 0 Å². The normalized spacial score (nSPS) is 11.5. The highest BCUT2D eigenvalue weighted by atomic mass is 16.3. The summed E-state index contributed by atoms with van der Waals surface area (Å²) in [5.41, 5.74) is 22.9. The predicted molar refractivity (Wildman–Crippen MR) is 560 cm³/mol. The molecule has 0 saturated carbocycles. The molecule has 27 rings (SSSR count). The van der Waals surface area contributed by atoms with E-state index in [0.29, 0.717) is 52.4 Å². The van der Waals surface area contributed by atoms with E-state index in [0.717, 1.165) is 193 Å². The minimum atomic E-state index is 0.629. The Hall–Kier alpha value is -18.7. The second-order valence-electron chi connectivity index (χ2n) is 34.1. The molecular formula is C125H77N9O3. The second-order valence-corrected chi connectivity index (χ2v) is 34.1. The third kappa shape index (κ3) is 15.1. The summed E-state index contributed by atoms with van der Waals surface area (Å²) in [4.78, 5) is 45.2. The van der Waals surface area contributed by atoms with Gasteiger partial charge in [-0.1, -0.05) is 406 Å². The van der Waals surface area contributed by atoms with Crippen molar-refractivity contribution in [2.24, 2.45) is 0 Å². The van der Waals surface area contributed by atoms with E-state index in [4.69, 9.17) is 58.1 Å². The summed E-state index contributed by atoms with van der Waals surface area (Å²) in [6.07, 6.45) is 0. The van der Waals surface area contributed by atoms with E-state index >= 15 is 0 Å². The van der Waals surface area contributed by atoms with Crippen LogP contribution in [0.2, 0.25) is 0 Å². The summed E-state index contributed by atoms with van der Waals surface area (Å²) in [6.45, 7) is 0. The van der Waals surface area contributed by atoms with E-state index in [1.54, 1.807) is 0 Å². The summed E-state index contributed by atoms with van der Waals surface area (Å²) in [6, 6.07) is 161. The molecule has 27 aromatic rings. The Morgan fingerprint density at radius 2 is 0.365 bits per heavy atom. The van der Waals surface area contributed by atoms with Crippen molar-refractivity contribution in [1.29, 1.82) is 0 Å². The Morgan fingerprint density at radius 3 is 0.796 bits per heavy atom. The SMILES string of the molecule is c1ccc(-c2nc(-c3ccc4ccccc4c3)nc(-c3cccc4cccc(-c5cccc6oc7ccccc7c56)c34)n2)cc1.c1ccc(-c2nc(-c3cccc(-c4cccc5cccc(-c6cccc7oc8ccccc8c67)c45)c3)nc(-c3ccc4ccccc4c3)n2)cc1.c1ccc(-c2nc(-c3ccccc3)nc(-c3cccc4cc(-c5cccc6oc7ccccc7c56)ccc34)n2)cc1. The number of hydrogen-bond acceptors (Lipinski definition) is 12. The third-order valence-corrected chi connectivity index (χ3v) is 25.8. The minimum absolute atomic E-state index is 0.629. The molecule has 0 atom stereocenters. The lowest BCUT2D eigenvalue weighted by Gasteiger charge is -2.14. The molecule has 0 saturated heterocycles. The van der Waals surface area contributed by atoms with Crippen molar-refractivity contribution in [2.45, 2.75) is 0 Å². The standard InChI is InChI=1S/C47H29N3O.C41H25N3O.C37H23N3O/c1-2-13-32(14-3-1)45-48-46(50-47(49-45)36-27-26-30-12-4-5-15-33(30)28-36)35-19-8-18-34(29-35)37-21-9-16-31-17-10-22-38(43(31)37)39-23-11-25-42-44(39)40-20-6-7-24-41(40)51-42;1-2-12-28(13-3-1)39-42-40(30-24-23-26-11-4-5-14-29(26)25-30)44-41(43-39)34-20-9-16-27-15-8-18-31(37(27)34)32-19-10-22-36-38(32)33-17-6-7-21-35(33)45-36;1-3-11-24(12-4-1)35-38-36(25-13-5-2-6-14-25)40-37(39-35)30-18-9-15-26-23-27(21-22-28(26)30)29-17-10-20-33-34(29)31-16-7-8-19-32(31)41-33/h1-29H;1-25H;1-23H. The van der Waals surface area contributed by atoms with Crippen molar-refractivity contribution in [1.82, 2.24) is 44.9 Å². The molecule has 0 aliphatic rings. The lowest BCUT2D eigenvalue weighted by molar-refractivity contribution is 0.668. The van der Waals surface area contributed by atoms with Crippen LogP contribution in [0.5, 0.6) is 0 Å². The van der Waals surface area contributed by atoms with E-state index < -0.39 is 0 Å². The molecule has 0 fully saturated rings. The van der Waals surface area contributed by atoms with Crippen LogP contribution >= 0.6 is 0 Å². The van der Waals surface area contributed by atoms with Gasteiger partial charge in [-0.3, -0.25) is 0 Å². The maximum atomic E-state index is 6.29. The van der Waals surface area contributed by atoms with Crippen molar-refractivity contribution in [3.63, 3.8) is 0 Å². The largest absolute Gasteiger partial charge is 0.456 e. The maximum absolute atomic E-state index is 6.29. The first-order valence-electron chi connectivity index (χ1n) is 45.8. The highest BCUT2D eigenvalue weighted by Gasteiger charge is 2.25. The minimum Gasteiger partial charge on any atom is -0.456 e. The fourth-order valence-electron chi connectivity index (χ4n) is 19.3. The van der Waals surface area contributed by atoms with E-state index in [1.807, 2.05) is 170 Å². The average Bonchev–Trinajstić information content (AvgIpc) is 1.71. The van der Waals surface area contributed by atoms with Gasteiger partial charge in [-0.05, 0) is 154 Å². The number of nitrogens with zero attached hydrogens (tertiary/aromatic N) is 9. The van der Waals surface area contributed by atoms with Crippen LogP contribution in [0.3, 0.4) is 0 Å². The summed E-state index contributed by atoms with van der Waals surface area (Å²) >= 11 is 0. The van der Waals surface area contributed by atoms with Gasteiger partial charge in [0.2, 0.25) is 0 Å². The van der Waals surface area contributed by atoms with Crippen molar-refractivity contribution >= 4 is 120 Å². The highest BCUT2D eigenvalue weighted by molar-refractivity contribution is 6.20. The topological polar surface area (TPSA) is 155 Å². The Balaban J connectivity index is 0.000000110. The Bertz CT molecular complexity index is 9320. The molecular weight excluding hydrogens is 1680 g/mol. The number of fused-ring (bicyclic) bond motifs is 14. The van der Waals surface area contributed by atoms with Gasteiger partial charge in [-0.15, -0.1) is 0 Å². The molecule has 0 aliphatic heterocycles. The molecule has 12 nitrogen and oxygen atoms in total. The molecule has 0 spiro atoms. The number of aromatic nitrogens is 9. The van der Waals surface area contributed by atoms with Gasteiger partial charge in [0.15, 0.2) is 52.4 Å². The van der Waals surface area contributed by atoms with Crippen LogP contribution < -0.4 is 0 Å². The zero-order chi connectivity index (χ0) is 90.6. The molecule has 0 radical (unpaired) electrons. The summed E-state index contributed by atoms with van der Waals surface area (Å²) < 4.78 is 18.7. The van der Waals surface area contributed by atoms with E-state index in [1.165, 1.54) is 21.5 Å². The van der Waals surface area contributed by atoms with Crippen LogP contribution in [0, 0.1) is 0 Å². The van der Waals surface area contributed by atoms with Crippen molar-refractivity contribution < 1.29 is 13.3 Å². The molecule has 0 unspecified atom stereocenters. The molecule has 6 heterocycles. The van der Waals surface area contributed by atoms with Gasteiger partial charge in [0, 0.05) is 87.8 Å². The Morgan fingerprint density at radius 1 is 0.117 bits per heavy atom. The molecule has 21 aromatic carbocycles. The van der Waals surface area contributed by atoms with Gasteiger partial charge in [0.1, 0.15) is 33.5 Å². The summed E-state index contributed by atoms with van der Waals surface area (Å²) in [5, 5.41) is 18.1. The van der Waals surface area contributed by atoms with Gasteiger partial charge < -0.3 is 13.3 Å². The quantitative estimate of drug-likeness (QED) is 0.108. The van der Waals surface area contributed by atoms with Crippen LogP contribution in [0.15, 0.2) is 480 Å². The maximum Gasteiger partial charge on any atom is 0.164 e. The number of furan rings is 3. The van der Waals surface area contributed by atoms with Crippen molar-refractivity contribution in [3.05, 3.63) is 467 Å². The van der Waals surface area contributed by atoms with E-state index in [9.17, 15) is 0 Å². The number of para-hydroxylation sites is 3. The average molecular weight is 1750 g/mol. The van der Waals surface area contributed by atoms with Crippen LogP contribution in [0.4, 0.5) is 0 Å². The third-order valence-electron chi connectivity index (χ3n) is 25.8. The molecule has 640 valence electrons. The first kappa shape index (κ1) is 80.4. The van der Waals surface area contributed by atoms with Crippen molar-refractivity contribution in [3.8, 4) is 147 Å². The molecule has 0 N–H and O–H groups in total. The molecule has 0 bridgehead atoms. The lowest BCUT2D eigenvalue weighted by Crippen LogP contribution is -2.01. The zero-order valence-corrected chi connectivity index (χ0v) is 73.7. The smallest absolute Gasteiger partial charge is 0.164 e. The predicted octanol–water partition coefficient (Wildman–Crippen LogP) is 32.8. The zero-order valence-electron chi connectivity index (χ0n) is 73.7.